The van der Waals surface area contributed by atoms with Crippen LogP contribution in [0.25, 0.3) is 22.3 Å². The third-order valence-corrected chi connectivity index (χ3v) is 3.62. The number of hydrogen-bond donors (Lipinski definition) is 1. The normalized spacial score (nSPS) is 11.5. The third-order valence-electron chi connectivity index (χ3n) is 2.95. The van der Waals surface area contributed by atoms with Gasteiger partial charge in [-0.15, -0.1) is 11.3 Å². The molecule has 0 atom stereocenters. The van der Waals surface area contributed by atoms with Gasteiger partial charge in [0.25, 0.3) is 0 Å². The van der Waals surface area contributed by atoms with E-state index in [-0.39, 0.29) is 0 Å². The average Bonchev–Trinajstić information content (AvgIpc) is 2.93. The molecule has 0 radical (unpaired) electrons. The van der Waals surface area contributed by atoms with Crippen molar-refractivity contribution in [3.05, 3.63) is 29.9 Å². The van der Waals surface area contributed by atoms with Crippen LogP contribution in [0.5, 0.6) is 0 Å². The van der Waals surface area contributed by atoms with E-state index in [1.807, 2.05) is 11.7 Å². The minimum Gasteiger partial charge on any atom is -0.375 e. The van der Waals surface area contributed by atoms with Gasteiger partial charge >= 0.3 is 0 Å². The largest absolute Gasteiger partial charge is 0.375 e. The minimum atomic E-state index is 0.413. The molecule has 0 amide bonds. The Kier molecular flexibility index (Phi) is 2.56. The lowest BCUT2D eigenvalue weighted by molar-refractivity contribution is 0.617. The van der Waals surface area contributed by atoms with E-state index in [9.17, 15) is 0 Å². The van der Waals surface area contributed by atoms with Gasteiger partial charge in [0.05, 0.1) is 23.1 Å². The second kappa shape index (κ2) is 4.10. The molecular formula is C13H14N4S. The van der Waals surface area contributed by atoms with Crippen LogP contribution < -0.4 is 5.73 Å². The van der Waals surface area contributed by atoms with E-state index < -0.39 is 0 Å². The molecular weight excluding hydrogens is 244 g/mol. The van der Waals surface area contributed by atoms with Crippen molar-refractivity contribution in [2.75, 3.05) is 5.73 Å². The van der Waals surface area contributed by atoms with Gasteiger partial charge in [-0.1, -0.05) is 6.07 Å². The summed E-state index contributed by atoms with van der Waals surface area (Å²) >= 11 is 1.46. The number of hydrogen-bond acceptors (Lipinski definition) is 4. The fourth-order valence-electron chi connectivity index (χ4n) is 2.02. The zero-order valence-electron chi connectivity index (χ0n) is 10.3. The van der Waals surface area contributed by atoms with Gasteiger partial charge in [0, 0.05) is 17.0 Å². The zero-order chi connectivity index (χ0) is 12.7. The Hall–Kier alpha value is -1.88. The van der Waals surface area contributed by atoms with Gasteiger partial charge in [-0.2, -0.15) is 0 Å². The van der Waals surface area contributed by atoms with Crippen LogP contribution in [0.3, 0.4) is 0 Å². The van der Waals surface area contributed by atoms with Crippen molar-refractivity contribution in [1.82, 2.24) is 14.5 Å². The first-order valence-electron chi connectivity index (χ1n) is 5.83. The lowest BCUT2D eigenvalue weighted by Crippen LogP contribution is -1.97. The SMILES string of the molecule is CC(C)n1cnc2cc(-c3csc(N)n3)ccc21. The molecule has 18 heavy (non-hydrogen) atoms. The molecule has 0 bridgehead atoms. The smallest absolute Gasteiger partial charge is 0.180 e. The van der Waals surface area contributed by atoms with Gasteiger partial charge < -0.3 is 10.3 Å². The van der Waals surface area contributed by atoms with Crippen molar-refractivity contribution in [3.63, 3.8) is 0 Å². The Morgan fingerprint density at radius 2 is 2.17 bits per heavy atom. The lowest BCUT2D eigenvalue weighted by Gasteiger charge is -2.07. The molecule has 4 nitrogen and oxygen atoms in total. The predicted molar refractivity (Wildman–Crippen MR) is 75.6 cm³/mol. The van der Waals surface area contributed by atoms with Gasteiger partial charge in [-0.05, 0) is 26.0 Å². The Morgan fingerprint density at radius 1 is 1.33 bits per heavy atom. The molecule has 3 rings (SSSR count). The minimum absolute atomic E-state index is 0.413. The molecule has 0 saturated carbocycles. The van der Waals surface area contributed by atoms with Crippen LogP contribution in [0.4, 0.5) is 5.13 Å². The molecule has 1 aromatic carbocycles. The maximum absolute atomic E-state index is 5.66. The van der Waals surface area contributed by atoms with Crippen LogP contribution in [-0.2, 0) is 0 Å². The summed E-state index contributed by atoms with van der Waals surface area (Å²) in [6.07, 6.45) is 1.88. The highest BCUT2D eigenvalue weighted by atomic mass is 32.1. The standard InChI is InChI=1S/C13H14N4S/c1-8(2)17-7-15-10-5-9(3-4-12(10)17)11-6-18-13(14)16-11/h3-8H,1-2H3,(H2,14,16). The van der Waals surface area contributed by atoms with E-state index in [0.29, 0.717) is 11.2 Å². The molecule has 0 aliphatic rings. The van der Waals surface area contributed by atoms with E-state index in [4.69, 9.17) is 5.73 Å². The van der Waals surface area contributed by atoms with E-state index in [0.717, 1.165) is 22.3 Å². The van der Waals surface area contributed by atoms with Crippen LogP contribution >= 0.6 is 11.3 Å². The molecule has 0 aliphatic carbocycles. The zero-order valence-corrected chi connectivity index (χ0v) is 11.1. The molecule has 0 fully saturated rings. The highest BCUT2D eigenvalue weighted by Crippen LogP contribution is 2.27. The van der Waals surface area contributed by atoms with E-state index in [1.54, 1.807) is 0 Å². The van der Waals surface area contributed by atoms with E-state index in [1.165, 1.54) is 11.3 Å². The first kappa shape index (κ1) is 11.2. The first-order chi connectivity index (χ1) is 8.65. The van der Waals surface area contributed by atoms with Crippen molar-refractivity contribution in [3.8, 4) is 11.3 Å². The number of rotatable bonds is 2. The number of imidazole rings is 1. The highest BCUT2D eigenvalue weighted by Gasteiger charge is 2.08. The lowest BCUT2D eigenvalue weighted by atomic mass is 10.1. The third kappa shape index (κ3) is 1.76. The Balaban J connectivity index is 2.12. The summed E-state index contributed by atoms with van der Waals surface area (Å²) < 4.78 is 2.16. The summed E-state index contributed by atoms with van der Waals surface area (Å²) in [5, 5.41) is 2.56. The topological polar surface area (TPSA) is 56.7 Å². The molecule has 92 valence electrons. The first-order valence-corrected chi connectivity index (χ1v) is 6.71. The summed E-state index contributed by atoms with van der Waals surface area (Å²) in [5.74, 6) is 0. The van der Waals surface area contributed by atoms with Gasteiger partial charge in [-0.25, -0.2) is 9.97 Å². The average molecular weight is 258 g/mol. The second-order valence-electron chi connectivity index (χ2n) is 4.52. The van der Waals surface area contributed by atoms with Crippen LogP contribution in [0.2, 0.25) is 0 Å². The summed E-state index contributed by atoms with van der Waals surface area (Å²) in [4.78, 5) is 8.73. The number of benzene rings is 1. The second-order valence-corrected chi connectivity index (χ2v) is 5.41. The van der Waals surface area contributed by atoms with Gasteiger partial charge in [0.2, 0.25) is 0 Å². The summed E-state index contributed by atoms with van der Waals surface area (Å²) in [6.45, 7) is 4.30. The number of nitrogens with two attached hydrogens (primary N) is 1. The van der Waals surface area contributed by atoms with Gasteiger partial charge in [0.15, 0.2) is 5.13 Å². The fourth-order valence-corrected chi connectivity index (χ4v) is 2.60. The van der Waals surface area contributed by atoms with Crippen molar-refractivity contribution in [2.45, 2.75) is 19.9 Å². The maximum atomic E-state index is 5.66. The van der Waals surface area contributed by atoms with Crippen molar-refractivity contribution < 1.29 is 0 Å². The molecule has 0 aliphatic heterocycles. The number of aromatic nitrogens is 3. The van der Waals surface area contributed by atoms with Crippen LogP contribution in [0.15, 0.2) is 29.9 Å². The van der Waals surface area contributed by atoms with Gasteiger partial charge in [0.1, 0.15) is 0 Å². The van der Waals surface area contributed by atoms with Crippen LogP contribution in [0.1, 0.15) is 19.9 Å². The van der Waals surface area contributed by atoms with Crippen LogP contribution in [-0.4, -0.2) is 14.5 Å². The van der Waals surface area contributed by atoms with Crippen molar-refractivity contribution in [2.24, 2.45) is 0 Å². The van der Waals surface area contributed by atoms with Gasteiger partial charge in [-0.3, -0.25) is 0 Å². The summed E-state index contributed by atoms with van der Waals surface area (Å²) in [5.41, 5.74) is 9.78. The summed E-state index contributed by atoms with van der Waals surface area (Å²) in [6, 6.07) is 6.63. The van der Waals surface area contributed by atoms with Crippen LogP contribution in [0, 0.1) is 0 Å². The monoisotopic (exact) mass is 258 g/mol. The molecule has 0 spiro atoms. The summed E-state index contributed by atoms with van der Waals surface area (Å²) in [7, 11) is 0. The quantitative estimate of drug-likeness (QED) is 0.767. The predicted octanol–water partition coefficient (Wildman–Crippen LogP) is 3.32. The number of thiazole rings is 1. The molecule has 2 N–H and O–H groups in total. The Labute approximate surface area is 109 Å². The number of fused-ring (bicyclic) bond motifs is 1. The molecule has 3 aromatic rings. The van der Waals surface area contributed by atoms with E-state index >= 15 is 0 Å². The number of nitrogens with zero attached hydrogens (tertiary/aromatic N) is 3. The molecule has 0 saturated heterocycles. The molecule has 2 aromatic heterocycles. The molecule has 2 heterocycles. The highest BCUT2D eigenvalue weighted by molar-refractivity contribution is 7.13. The number of anilines is 1. The Bertz CT molecular complexity index is 696. The van der Waals surface area contributed by atoms with Crippen molar-refractivity contribution in [1.29, 1.82) is 0 Å². The molecule has 0 unspecified atom stereocenters. The fraction of sp³-hybridized carbons (Fsp3) is 0.231. The Morgan fingerprint density at radius 3 is 2.83 bits per heavy atom. The van der Waals surface area contributed by atoms with E-state index in [2.05, 4.69) is 46.6 Å². The number of nitrogen functional groups attached to an aromatic ring is 1. The molecule has 5 heteroatoms. The van der Waals surface area contributed by atoms with Crippen molar-refractivity contribution >= 4 is 27.5 Å². The maximum Gasteiger partial charge on any atom is 0.180 e.